The van der Waals surface area contributed by atoms with Crippen LogP contribution < -0.4 is 5.73 Å². The zero-order chi connectivity index (χ0) is 12.7. The second kappa shape index (κ2) is 4.30. The van der Waals surface area contributed by atoms with E-state index in [0.717, 1.165) is 15.7 Å². The van der Waals surface area contributed by atoms with Crippen molar-refractivity contribution in [2.75, 3.05) is 5.73 Å². The SMILES string of the molecule is Nc1c(-c2cccc(Br)c2)nc2c(Cl)cccn12. The molecule has 0 atom stereocenters. The molecule has 0 saturated heterocycles. The quantitative estimate of drug-likeness (QED) is 0.736. The van der Waals surface area contributed by atoms with E-state index >= 15 is 0 Å². The van der Waals surface area contributed by atoms with Gasteiger partial charge in [-0.1, -0.05) is 39.7 Å². The van der Waals surface area contributed by atoms with Gasteiger partial charge in [0.05, 0.1) is 5.02 Å². The van der Waals surface area contributed by atoms with Crippen molar-refractivity contribution in [2.24, 2.45) is 0 Å². The van der Waals surface area contributed by atoms with Gasteiger partial charge in [-0.2, -0.15) is 0 Å². The number of rotatable bonds is 1. The van der Waals surface area contributed by atoms with Gasteiger partial charge < -0.3 is 5.73 Å². The van der Waals surface area contributed by atoms with Gasteiger partial charge in [0.2, 0.25) is 0 Å². The fourth-order valence-corrected chi connectivity index (χ4v) is 2.51. The summed E-state index contributed by atoms with van der Waals surface area (Å²) in [4.78, 5) is 4.51. The number of nitrogens with two attached hydrogens (primary N) is 1. The van der Waals surface area contributed by atoms with E-state index in [1.807, 2.05) is 36.5 Å². The fraction of sp³-hybridized carbons (Fsp3) is 0. The lowest BCUT2D eigenvalue weighted by molar-refractivity contribution is 1.20. The smallest absolute Gasteiger partial charge is 0.157 e. The number of nitrogen functional groups attached to an aromatic ring is 1. The Balaban J connectivity index is 2.30. The van der Waals surface area contributed by atoms with Crippen molar-refractivity contribution in [3.63, 3.8) is 0 Å². The molecule has 3 rings (SSSR count). The predicted octanol–water partition coefficient (Wildman–Crippen LogP) is 4.00. The lowest BCUT2D eigenvalue weighted by Crippen LogP contribution is -1.93. The summed E-state index contributed by atoms with van der Waals surface area (Å²) in [6.45, 7) is 0. The molecule has 2 N–H and O–H groups in total. The zero-order valence-electron chi connectivity index (χ0n) is 9.27. The highest BCUT2D eigenvalue weighted by molar-refractivity contribution is 9.10. The molecule has 0 aliphatic heterocycles. The summed E-state index contributed by atoms with van der Waals surface area (Å²) in [5.41, 5.74) is 8.49. The Morgan fingerprint density at radius 2 is 2.06 bits per heavy atom. The first-order valence-corrected chi connectivity index (χ1v) is 6.52. The Morgan fingerprint density at radius 1 is 1.22 bits per heavy atom. The number of anilines is 1. The summed E-state index contributed by atoms with van der Waals surface area (Å²) in [7, 11) is 0. The van der Waals surface area contributed by atoms with Crippen LogP contribution in [-0.4, -0.2) is 9.38 Å². The minimum atomic E-state index is 0.588. The number of pyridine rings is 1. The van der Waals surface area contributed by atoms with Gasteiger partial charge in [-0.3, -0.25) is 4.40 Å². The van der Waals surface area contributed by atoms with Crippen LogP contribution in [0.15, 0.2) is 47.1 Å². The Bertz CT molecular complexity index is 736. The van der Waals surface area contributed by atoms with Crippen molar-refractivity contribution in [3.8, 4) is 11.3 Å². The van der Waals surface area contributed by atoms with Gasteiger partial charge in [-0.15, -0.1) is 0 Å². The van der Waals surface area contributed by atoms with E-state index in [1.54, 1.807) is 10.5 Å². The van der Waals surface area contributed by atoms with Crippen molar-refractivity contribution in [3.05, 3.63) is 52.1 Å². The highest BCUT2D eigenvalue weighted by Gasteiger charge is 2.12. The van der Waals surface area contributed by atoms with Crippen molar-refractivity contribution < 1.29 is 0 Å². The molecule has 90 valence electrons. The zero-order valence-corrected chi connectivity index (χ0v) is 11.6. The summed E-state index contributed by atoms with van der Waals surface area (Å²) in [5.74, 6) is 0.589. The largest absolute Gasteiger partial charge is 0.383 e. The second-order valence-electron chi connectivity index (χ2n) is 3.91. The van der Waals surface area contributed by atoms with Crippen molar-refractivity contribution in [1.29, 1.82) is 0 Å². The van der Waals surface area contributed by atoms with Crippen molar-refractivity contribution >= 4 is 39.0 Å². The third-order valence-corrected chi connectivity index (χ3v) is 3.53. The highest BCUT2D eigenvalue weighted by atomic mass is 79.9. The predicted molar refractivity (Wildman–Crippen MR) is 77.8 cm³/mol. The Labute approximate surface area is 117 Å². The fourth-order valence-electron chi connectivity index (χ4n) is 1.90. The number of halogens is 2. The van der Waals surface area contributed by atoms with Crippen LogP contribution in [0.2, 0.25) is 5.02 Å². The molecule has 3 nitrogen and oxygen atoms in total. The molecule has 0 spiro atoms. The number of fused-ring (bicyclic) bond motifs is 1. The van der Waals surface area contributed by atoms with Gasteiger partial charge in [0.15, 0.2) is 5.65 Å². The van der Waals surface area contributed by atoms with E-state index in [-0.39, 0.29) is 0 Å². The molecule has 0 radical (unpaired) electrons. The van der Waals surface area contributed by atoms with Crippen LogP contribution in [0.25, 0.3) is 16.9 Å². The van der Waals surface area contributed by atoms with Gasteiger partial charge in [0, 0.05) is 16.2 Å². The number of hydrogen-bond acceptors (Lipinski definition) is 2. The topological polar surface area (TPSA) is 43.3 Å². The Morgan fingerprint density at radius 3 is 2.78 bits per heavy atom. The van der Waals surface area contributed by atoms with Crippen LogP contribution in [0, 0.1) is 0 Å². The number of imidazole rings is 1. The van der Waals surface area contributed by atoms with Gasteiger partial charge >= 0.3 is 0 Å². The number of hydrogen-bond donors (Lipinski definition) is 1. The molecule has 5 heteroatoms. The summed E-state index contributed by atoms with van der Waals surface area (Å²) < 4.78 is 2.78. The van der Waals surface area contributed by atoms with E-state index in [0.29, 0.717) is 16.5 Å². The lowest BCUT2D eigenvalue weighted by atomic mass is 10.1. The maximum atomic E-state index is 6.12. The first kappa shape index (κ1) is 11.6. The van der Waals surface area contributed by atoms with Crippen molar-refractivity contribution in [2.45, 2.75) is 0 Å². The standard InChI is InChI=1S/C13H9BrClN3/c14-9-4-1-3-8(7-9)11-12(16)18-6-2-5-10(15)13(18)17-11/h1-7H,16H2. The maximum Gasteiger partial charge on any atom is 0.157 e. The van der Waals surface area contributed by atoms with E-state index < -0.39 is 0 Å². The molecule has 0 amide bonds. The van der Waals surface area contributed by atoms with Crippen LogP contribution >= 0.6 is 27.5 Å². The molecule has 0 aliphatic carbocycles. The van der Waals surface area contributed by atoms with Crippen LogP contribution in [0.3, 0.4) is 0 Å². The molecule has 18 heavy (non-hydrogen) atoms. The van der Waals surface area contributed by atoms with E-state index in [9.17, 15) is 0 Å². The molecule has 2 heterocycles. The Kier molecular flexibility index (Phi) is 2.76. The number of aromatic nitrogens is 2. The number of nitrogens with zero attached hydrogens (tertiary/aromatic N) is 2. The maximum absolute atomic E-state index is 6.12. The molecule has 3 aromatic rings. The van der Waals surface area contributed by atoms with Gasteiger partial charge in [0.25, 0.3) is 0 Å². The molecular weight excluding hydrogens is 314 g/mol. The molecule has 0 fully saturated rings. The first-order chi connectivity index (χ1) is 8.66. The summed E-state index contributed by atoms with van der Waals surface area (Å²) >= 11 is 9.55. The monoisotopic (exact) mass is 321 g/mol. The Hall–Kier alpha value is -1.52. The van der Waals surface area contributed by atoms with E-state index in [4.69, 9.17) is 17.3 Å². The minimum absolute atomic E-state index is 0.588. The molecule has 2 aromatic heterocycles. The summed E-state index contributed by atoms with van der Waals surface area (Å²) in [6, 6.07) is 11.5. The van der Waals surface area contributed by atoms with Crippen LogP contribution in [0.1, 0.15) is 0 Å². The van der Waals surface area contributed by atoms with E-state index in [2.05, 4.69) is 20.9 Å². The average molecular weight is 323 g/mol. The summed E-state index contributed by atoms with van der Waals surface area (Å²) in [6.07, 6.45) is 1.85. The van der Waals surface area contributed by atoms with Crippen LogP contribution in [-0.2, 0) is 0 Å². The molecule has 1 aromatic carbocycles. The first-order valence-electron chi connectivity index (χ1n) is 5.35. The lowest BCUT2D eigenvalue weighted by Gasteiger charge is -2.00. The second-order valence-corrected chi connectivity index (χ2v) is 5.23. The molecule has 0 aliphatic rings. The molecule has 0 unspecified atom stereocenters. The number of benzene rings is 1. The van der Waals surface area contributed by atoms with Gasteiger partial charge in [0.1, 0.15) is 11.5 Å². The molecule has 0 saturated carbocycles. The normalized spacial score (nSPS) is 11.0. The third kappa shape index (κ3) is 1.78. The van der Waals surface area contributed by atoms with Gasteiger partial charge in [-0.25, -0.2) is 4.98 Å². The average Bonchev–Trinajstić information content (AvgIpc) is 2.69. The summed E-state index contributed by atoms with van der Waals surface area (Å²) in [5, 5.41) is 0.588. The molecule has 0 bridgehead atoms. The minimum Gasteiger partial charge on any atom is -0.383 e. The highest BCUT2D eigenvalue weighted by Crippen LogP contribution is 2.30. The van der Waals surface area contributed by atoms with Crippen molar-refractivity contribution in [1.82, 2.24) is 9.38 Å². The van der Waals surface area contributed by atoms with Gasteiger partial charge in [-0.05, 0) is 24.3 Å². The third-order valence-electron chi connectivity index (χ3n) is 2.74. The van der Waals surface area contributed by atoms with Crippen LogP contribution in [0.4, 0.5) is 5.82 Å². The molecular formula is C13H9BrClN3. The van der Waals surface area contributed by atoms with E-state index in [1.165, 1.54) is 0 Å². The van der Waals surface area contributed by atoms with Crippen LogP contribution in [0.5, 0.6) is 0 Å².